The minimum absolute atomic E-state index is 0.0157. The van der Waals surface area contributed by atoms with Crippen LogP contribution in [-0.4, -0.2) is 84.9 Å². The summed E-state index contributed by atoms with van der Waals surface area (Å²) in [5.74, 6) is -2.92. The zero-order valence-electron chi connectivity index (χ0n) is 20.3. The maximum absolute atomic E-state index is 12.0. The third kappa shape index (κ3) is 5.67. The normalized spacial score (nSPS) is 17.5. The van der Waals surface area contributed by atoms with Gasteiger partial charge in [0, 0.05) is 41.5 Å². The maximum atomic E-state index is 12.0. The van der Waals surface area contributed by atoms with Crippen LogP contribution in [0.2, 0.25) is 5.15 Å². The van der Waals surface area contributed by atoms with Crippen molar-refractivity contribution in [1.29, 1.82) is 0 Å². The molecule has 0 amide bonds. The molecule has 3 rings (SSSR count). The number of rotatable bonds is 8. The molecular weight excluding hydrogens is 502 g/mol. The van der Waals surface area contributed by atoms with Crippen LogP contribution in [0.25, 0.3) is 11.1 Å². The summed E-state index contributed by atoms with van der Waals surface area (Å²) in [5, 5.41) is 15.4. The highest BCUT2D eigenvalue weighted by molar-refractivity contribution is 6.32. The maximum Gasteiger partial charge on any atom is 0.303 e. The number of halogens is 1. The second-order valence-corrected chi connectivity index (χ2v) is 8.62. The molecule has 2 aromatic heterocycles. The van der Waals surface area contributed by atoms with E-state index in [2.05, 4.69) is 26.0 Å². The van der Waals surface area contributed by atoms with Gasteiger partial charge in [0.2, 0.25) is 11.8 Å². The number of aromatic nitrogens is 5. The number of carbonyl (C=O) groups is 4. The lowest BCUT2D eigenvalue weighted by atomic mass is 9.96. The predicted molar refractivity (Wildman–Crippen MR) is 119 cm³/mol. The van der Waals surface area contributed by atoms with Gasteiger partial charge in [0.1, 0.15) is 11.8 Å². The molecule has 0 aliphatic carbocycles. The van der Waals surface area contributed by atoms with E-state index in [0.29, 0.717) is 11.2 Å². The molecule has 36 heavy (non-hydrogen) atoms. The Morgan fingerprint density at radius 1 is 1.06 bits per heavy atom. The first-order valence-corrected chi connectivity index (χ1v) is 11.0. The van der Waals surface area contributed by atoms with Crippen LogP contribution in [0.1, 0.15) is 47.1 Å². The molecular formula is C20H24ClN7O8. The smallest absolute Gasteiger partial charge is 0.303 e. The zero-order valence-corrected chi connectivity index (χ0v) is 21.0. The highest BCUT2D eigenvalue weighted by Crippen LogP contribution is 2.48. The number of nitrogens with zero attached hydrogens (tertiary/aromatic N) is 7. The molecule has 0 fully saturated rings. The third-order valence-electron chi connectivity index (χ3n) is 5.03. The van der Waals surface area contributed by atoms with Gasteiger partial charge in [-0.1, -0.05) is 11.6 Å². The number of carbonyl (C=O) groups excluding carboxylic acids is 4. The first-order chi connectivity index (χ1) is 16.8. The van der Waals surface area contributed by atoms with Crippen molar-refractivity contribution in [2.45, 2.75) is 65.4 Å². The summed E-state index contributed by atoms with van der Waals surface area (Å²) in [6.45, 7) is 7.62. The molecule has 3 heterocycles. The lowest BCUT2D eigenvalue weighted by Crippen LogP contribution is -2.49. The highest BCUT2D eigenvalue weighted by Gasteiger charge is 2.44. The van der Waals surface area contributed by atoms with Crippen LogP contribution < -0.4 is 0 Å². The van der Waals surface area contributed by atoms with Crippen molar-refractivity contribution in [2.75, 3.05) is 6.61 Å². The number of esters is 4. The molecule has 16 heteroatoms. The summed E-state index contributed by atoms with van der Waals surface area (Å²) in [6.07, 6.45) is -2.72. The number of ether oxygens (including phenoxy) is 4. The Balaban J connectivity index is 2.10. The average molecular weight is 526 g/mol. The largest absolute Gasteiger partial charge is 0.462 e. The molecule has 0 bridgehead atoms. The van der Waals surface area contributed by atoms with Gasteiger partial charge in [-0.25, -0.2) is 0 Å². The van der Waals surface area contributed by atoms with E-state index in [-0.39, 0.29) is 10.8 Å². The minimum atomic E-state index is -1.41. The summed E-state index contributed by atoms with van der Waals surface area (Å²) < 4.78 is 23.6. The topological polar surface area (TPSA) is 178 Å². The Kier molecular flexibility index (Phi) is 7.71. The molecule has 0 spiro atoms. The Morgan fingerprint density at radius 2 is 1.69 bits per heavy atom. The molecule has 194 valence electrons. The monoisotopic (exact) mass is 525 g/mol. The fourth-order valence-corrected chi connectivity index (χ4v) is 3.83. The van der Waals surface area contributed by atoms with Crippen molar-refractivity contribution in [2.24, 2.45) is 0 Å². The summed E-state index contributed by atoms with van der Waals surface area (Å²) in [6, 6.07) is 0. The van der Waals surface area contributed by atoms with Crippen molar-refractivity contribution in [1.82, 2.24) is 25.3 Å². The van der Waals surface area contributed by atoms with E-state index in [1.807, 2.05) is 0 Å². The first kappa shape index (κ1) is 26.7. The average Bonchev–Trinajstić information content (AvgIpc) is 3.30. The number of fused-ring (bicyclic) bond motifs is 3. The van der Waals surface area contributed by atoms with Crippen LogP contribution in [0.4, 0.5) is 5.69 Å². The van der Waals surface area contributed by atoms with Crippen molar-refractivity contribution in [3.05, 3.63) is 16.1 Å². The molecule has 2 aromatic rings. The Labute approximate surface area is 209 Å². The Bertz CT molecular complexity index is 1240. The fraction of sp³-hybridized carbons (Fsp3) is 0.550. The minimum Gasteiger partial charge on any atom is -0.462 e. The van der Waals surface area contributed by atoms with Crippen LogP contribution >= 0.6 is 11.6 Å². The number of hydrogen-bond donors (Lipinski definition) is 0. The van der Waals surface area contributed by atoms with Gasteiger partial charge in [-0.3, -0.25) is 23.9 Å². The summed E-state index contributed by atoms with van der Waals surface area (Å²) >= 11 is 6.31. The second-order valence-electron chi connectivity index (χ2n) is 8.26. The lowest BCUT2D eigenvalue weighted by Gasteiger charge is -2.30. The number of tetrazole rings is 1. The van der Waals surface area contributed by atoms with E-state index in [1.165, 1.54) is 10.9 Å². The van der Waals surface area contributed by atoms with Crippen LogP contribution in [0, 0.1) is 0 Å². The quantitative estimate of drug-likeness (QED) is 0.269. The molecule has 1 aliphatic rings. The molecule has 0 saturated heterocycles. The molecule has 0 unspecified atom stereocenters. The van der Waals surface area contributed by atoms with Crippen LogP contribution in [0.5, 0.6) is 0 Å². The summed E-state index contributed by atoms with van der Waals surface area (Å²) in [7, 11) is 0. The second kappa shape index (κ2) is 10.4. The molecule has 3 atom stereocenters. The molecule has 0 N–H and O–H groups in total. The van der Waals surface area contributed by atoms with Crippen LogP contribution in [0.15, 0.2) is 0 Å². The molecule has 1 aliphatic heterocycles. The van der Waals surface area contributed by atoms with E-state index in [4.69, 9.17) is 30.5 Å². The van der Waals surface area contributed by atoms with Gasteiger partial charge in [-0.05, 0) is 16.1 Å². The number of hydrogen-bond acceptors (Lipinski definition) is 12. The lowest BCUT2D eigenvalue weighted by molar-refractivity contribution is -0.551. The Hall–Kier alpha value is -3.88. The van der Waals surface area contributed by atoms with Gasteiger partial charge in [0.05, 0.1) is 5.56 Å². The van der Waals surface area contributed by atoms with E-state index in [1.54, 1.807) is 13.8 Å². The summed E-state index contributed by atoms with van der Waals surface area (Å²) in [4.78, 5) is 47.2. The van der Waals surface area contributed by atoms with Crippen LogP contribution in [0.3, 0.4) is 0 Å². The van der Waals surface area contributed by atoms with E-state index >= 15 is 0 Å². The molecule has 15 nitrogen and oxygen atoms in total. The first-order valence-electron chi connectivity index (χ1n) is 10.6. The molecule has 0 saturated carbocycles. The zero-order chi connectivity index (χ0) is 26.8. The van der Waals surface area contributed by atoms with Gasteiger partial charge >= 0.3 is 23.9 Å². The third-order valence-corrected chi connectivity index (χ3v) is 5.29. The predicted octanol–water partition coefficient (Wildman–Crippen LogP) is 0.783. The summed E-state index contributed by atoms with van der Waals surface area (Å²) in [5.41, 5.74) is 4.64. The van der Waals surface area contributed by atoms with Crippen LogP contribution in [-0.2, 0) is 43.7 Å². The van der Waals surface area contributed by atoms with Gasteiger partial charge in [-0.2, -0.15) is 0 Å². The van der Waals surface area contributed by atoms with Gasteiger partial charge in [0.25, 0.3) is 0 Å². The molecule has 0 aromatic carbocycles. The SMILES string of the molecule is CC(=O)OC[C@H](OC(C)=O)[C@H](OC(C)=O)[C@H](/C=[N+]1/[N-]c2c(Cl)nn3nnnc3c2C1(C)C)OC(C)=O. The molecule has 0 radical (unpaired) electrons. The standard InChI is InChI=1S/C20H24ClN7O8/c1-9(29)33-8-14(35-11(3)31)17(36-12(4)32)13(34-10(2)30)7-27-20(5,6)15-16(23-27)18(21)24-28-19(15)22-25-26-28/h7,13-14,17H,8H2,1-6H3/b27-7+/t13-,14-,17+/m0/s1. The fourth-order valence-electron chi connectivity index (χ4n) is 3.63. The van der Waals surface area contributed by atoms with E-state index < -0.39 is 54.3 Å². The van der Waals surface area contributed by atoms with Gasteiger partial charge < -0.3 is 24.4 Å². The van der Waals surface area contributed by atoms with Gasteiger partial charge in [-0.15, -0.1) is 14.8 Å². The van der Waals surface area contributed by atoms with Crippen molar-refractivity contribution in [3.63, 3.8) is 0 Å². The van der Waals surface area contributed by atoms with E-state index in [0.717, 1.165) is 32.3 Å². The van der Waals surface area contributed by atoms with Gasteiger partial charge in [0.15, 0.2) is 24.0 Å². The van der Waals surface area contributed by atoms with Crippen molar-refractivity contribution < 1.29 is 42.8 Å². The van der Waals surface area contributed by atoms with Crippen molar-refractivity contribution >= 4 is 53.0 Å². The van der Waals surface area contributed by atoms with Crippen molar-refractivity contribution in [3.8, 4) is 0 Å². The van der Waals surface area contributed by atoms with E-state index in [9.17, 15) is 19.2 Å². The Morgan fingerprint density at radius 3 is 2.28 bits per heavy atom. The highest BCUT2D eigenvalue weighted by atomic mass is 35.5.